The van der Waals surface area contributed by atoms with Crippen molar-refractivity contribution < 1.29 is 9.84 Å². The van der Waals surface area contributed by atoms with Crippen molar-refractivity contribution >= 4 is 15.9 Å². The first-order chi connectivity index (χ1) is 8.95. The number of hydrogen-bond acceptors (Lipinski definition) is 2. The molecular formula is C16H19BrO2. The molecule has 0 fully saturated rings. The summed E-state index contributed by atoms with van der Waals surface area (Å²) in [5, 5.41) is 10.6. The molecule has 2 nitrogen and oxygen atoms in total. The first kappa shape index (κ1) is 14.5. The summed E-state index contributed by atoms with van der Waals surface area (Å²) in [4.78, 5) is 0. The predicted octanol–water partition coefficient (Wildman–Crippen LogP) is 3.95. The summed E-state index contributed by atoms with van der Waals surface area (Å²) in [5.41, 5.74) is 1.94. The van der Waals surface area contributed by atoms with Gasteiger partial charge < -0.3 is 9.84 Å². The third kappa shape index (κ3) is 2.83. The number of benzene rings is 1. The maximum atomic E-state index is 10.6. The molecule has 0 radical (unpaired) electrons. The Balaban J connectivity index is 2.06. The van der Waals surface area contributed by atoms with E-state index in [2.05, 4.69) is 22.5 Å². The van der Waals surface area contributed by atoms with E-state index in [0.717, 1.165) is 21.2 Å². The van der Waals surface area contributed by atoms with Crippen LogP contribution in [0, 0.1) is 0 Å². The molecule has 0 unspecified atom stereocenters. The van der Waals surface area contributed by atoms with Gasteiger partial charge in [-0.1, -0.05) is 52.8 Å². The average molecular weight is 323 g/mol. The SMILES string of the molecule is C=C(C)[C@@]1(O)C[C@H](OCc2ccccc2)C(C)=C1Br. The van der Waals surface area contributed by atoms with Gasteiger partial charge in [-0.3, -0.25) is 0 Å². The lowest BCUT2D eigenvalue weighted by molar-refractivity contribution is 0.0254. The molecule has 0 spiro atoms. The highest BCUT2D eigenvalue weighted by atomic mass is 79.9. The van der Waals surface area contributed by atoms with Crippen LogP contribution in [-0.4, -0.2) is 16.8 Å². The highest BCUT2D eigenvalue weighted by Gasteiger charge is 2.43. The number of hydrogen-bond donors (Lipinski definition) is 1. The molecule has 0 bridgehead atoms. The Labute approximate surface area is 122 Å². The largest absolute Gasteiger partial charge is 0.380 e. The van der Waals surface area contributed by atoms with Gasteiger partial charge in [-0.2, -0.15) is 0 Å². The topological polar surface area (TPSA) is 29.5 Å². The lowest BCUT2D eigenvalue weighted by Crippen LogP contribution is -2.29. The molecule has 0 saturated heterocycles. The van der Waals surface area contributed by atoms with Crippen LogP contribution in [0.4, 0.5) is 0 Å². The van der Waals surface area contributed by atoms with Crippen molar-refractivity contribution in [1.29, 1.82) is 0 Å². The molecule has 2 atom stereocenters. The Bertz CT molecular complexity index is 507. The Hall–Kier alpha value is -0.900. The van der Waals surface area contributed by atoms with E-state index in [1.807, 2.05) is 44.2 Å². The number of halogens is 1. The summed E-state index contributed by atoms with van der Waals surface area (Å²) >= 11 is 3.48. The molecule has 0 heterocycles. The molecular weight excluding hydrogens is 304 g/mol. The number of aliphatic hydroxyl groups is 1. The predicted molar refractivity (Wildman–Crippen MR) is 81.0 cm³/mol. The second-order valence-corrected chi connectivity index (χ2v) is 5.92. The minimum Gasteiger partial charge on any atom is -0.380 e. The van der Waals surface area contributed by atoms with Crippen LogP contribution in [0.2, 0.25) is 0 Å². The van der Waals surface area contributed by atoms with Gasteiger partial charge in [0.25, 0.3) is 0 Å². The minimum absolute atomic E-state index is 0.0729. The molecule has 1 aromatic carbocycles. The van der Waals surface area contributed by atoms with Crippen LogP contribution >= 0.6 is 15.9 Å². The third-order valence-electron chi connectivity index (χ3n) is 3.67. The van der Waals surface area contributed by atoms with Crippen molar-refractivity contribution in [2.24, 2.45) is 0 Å². The van der Waals surface area contributed by atoms with Gasteiger partial charge in [0.2, 0.25) is 0 Å². The smallest absolute Gasteiger partial charge is 0.119 e. The standard InChI is InChI=1S/C16H19BrO2/c1-11(2)16(18)9-14(12(3)15(16)17)19-10-13-7-5-4-6-8-13/h4-8,14,18H,1,9-10H2,2-3H3/t14-,16-/m0/s1. The fraction of sp³-hybridized carbons (Fsp3) is 0.375. The van der Waals surface area contributed by atoms with Crippen molar-refractivity contribution in [1.82, 2.24) is 0 Å². The van der Waals surface area contributed by atoms with E-state index in [9.17, 15) is 5.11 Å². The zero-order valence-electron chi connectivity index (χ0n) is 11.3. The van der Waals surface area contributed by atoms with Gasteiger partial charge in [0.05, 0.1) is 12.7 Å². The Kier molecular flexibility index (Phi) is 4.29. The van der Waals surface area contributed by atoms with Gasteiger partial charge in [-0.15, -0.1) is 0 Å². The maximum absolute atomic E-state index is 10.6. The molecule has 19 heavy (non-hydrogen) atoms. The zero-order chi connectivity index (χ0) is 14.0. The van der Waals surface area contributed by atoms with Crippen molar-refractivity contribution in [2.75, 3.05) is 0 Å². The molecule has 102 valence electrons. The van der Waals surface area contributed by atoms with E-state index in [-0.39, 0.29) is 6.10 Å². The monoisotopic (exact) mass is 322 g/mol. The second kappa shape index (κ2) is 5.61. The molecule has 0 saturated carbocycles. The quantitative estimate of drug-likeness (QED) is 0.850. The average Bonchev–Trinajstić information content (AvgIpc) is 2.63. The molecule has 0 aromatic heterocycles. The van der Waals surface area contributed by atoms with Crippen molar-refractivity contribution in [2.45, 2.75) is 38.6 Å². The fourth-order valence-corrected chi connectivity index (χ4v) is 3.05. The first-order valence-corrected chi connectivity index (χ1v) is 7.15. The molecule has 2 rings (SSSR count). The van der Waals surface area contributed by atoms with Crippen LogP contribution in [-0.2, 0) is 11.3 Å². The zero-order valence-corrected chi connectivity index (χ0v) is 12.9. The van der Waals surface area contributed by atoms with Gasteiger partial charge in [0.1, 0.15) is 5.60 Å². The molecule has 1 aliphatic rings. The molecule has 0 amide bonds. The first-order valence-electron chi connectivity index (χ1n) is 6.36. The number of ether oxygens (including phenoxy) is 1. The minimum atomic E-state index is -0.981. The lowest BCUT2D eigenvalue weighted by atomic mass is 9.95. The molecule has 1 aliphatic carbocycles. The van der Waals surface area contributed by atoms with E-state index in [1.54, 1.807) is 0 Å². The summed E-state index contributed by atoms with van der Waals surface area (Å²) in [6.07, 6.45) is 0.456. The fourth-order valence-electron chi connectivity index (χ4n) is 2.30. The summed E-state index contributed by atoms with van der Waals surface area (Å²) < 4.78 is 6.73. The van der Waals surface area contributed by atoms with E-state index < -0.39 is 5.60 Å². The van der Waals surface area contributed by atoms with Crippen LogP contribution in [0.25, 0.3) is 0 Å². The second-order valence-electron chi connectivity index (χ2n) is 5.13. The molecule has 0 aliphatic heterocycles. The van der Waals surface area contributed by atoms with E-state index in [1.165, 1.54) is 0 Å². The third-order valence-corrected chi connectivity index (χ3v) is 4.95. The van der Waals surface area contributed by atoms with Crippen molar-refractivity contribution in [3.8, 4) is 0 Å². The van der Waals surface area contributed by atoms with Gasteiger partial charge in [-0.05, 0) is 30.6 Å². The van der Waals surface area contributed by atoms with Crippen LogP contribution in [0.5, 0.6) is 0 Å². The van der Waals surface area contributed by atoms with Crippen molar-refractivity contribution in [3.63, 3.8) is 0 Å². The van der Waals surface area contributed by atoms with Crippen LogP contribution in [0.3, 0.4) is 0 Å². The summed E-state index contributed by atoms with van der Waals surface area (Å²) in [5.74, 6) is 0. The lowest BCUT2D eigenvalue weighted by Gasteiger charge is -2.24. The van der Waals surface area contributed by atoms with Gasteiger partial charge in [0, 0.05) is 10.9 Å². The molecule has 1 aromatic rings. The van der Waals surface area contributed by atoms with Gasteiger partial charge >= 0.3 is 0 Å². The van der Waals surface area contributed by atoms with Crippen LogP contribution < -0.4 is 0 Å². The summed E-state index contributed by atoms with van der Waals surface area (Å²) in [6, 6.07) is 10.1. The summed E-state index contributed by atoms with van der Waals surface area (Å²) in [7, 11) is 0. The molecule has 1 N–H and O–H groups in total. The maximum Gasteiger partial charge on any atom is 0.119 e. The normalized spacial score (nSPS) is 26.8. The van der Waals surface area contributed by atoms with Gasteiger partial charge in [0.15, 0.2) is 0 Å². The van der Waals surface area contributed by atoms with Crippen molar-refractivity contribution in [3.05, 3.63) is 58.1 Å². The Morgan fingerprint density at radius 2 is 2.11 bits per heavy atom. The van der Waals surface area contributed by atoms with Crippen LogP contribution in [0.1, 0.15) is 25.8 Å². The number of rotatable bonds is 4. The highest BCUT2D eigenvalue weighted by Crippen LogP contribution is 2.44. The molecule has 3 heteroatoms. The van der Waals surface area contributed by atoms with E-state index >= 15 is 0 Å². The summed E-state index contributed by atoms with van der Waals surface area (Å²) in [6.45, 7) is 8.26. The Morgan fingerprint density at radius 3 is 2.63 bits per heavy atom. The van der Waals surface area contributed by atoms with E-state index in [0.29, 0.717) is 13.0 Å². The Morgan fingerprint density at radius 1 is 1.47 bits per heavy atom. The van der Waals surface area contributed by atoms with Gasteiger partial charge in [-0.25, -0.2) is 0 Å². The highest BCUT2D eigenvalue weighted by molar-refractivity contribution is 9.11. The van der Waals surface area contributed by atoms with E-state index in [4.69, 9.17) is 4.74 Å². The van der Waals surface area contributed by atoms with Crippen LogP contribution in [0.15, 0.2) is 52.5 Å².